The Hall–Kier alpha value is -0.830. The van der Waals surface area contributed by atoms with Crippen LogP contribution in [-0.4, -0.2) is 19.0 Å². The van der Waals surface area contributed by atoms with E-state index in [0.717, 1.165) is 18.4 Å². The molecular formula is C11H22N2O. The molecule has 0 aromatic rings. The van der Waals surface area contributed by atoms with Crippen LogP contribution in [0.25, 0.3) is 0 Å². The van der Waals surface area contributed by atoms with Crippen LogP contribution in [0, 0.1) is 5.92 Å². The fraction of sp³-hybridized carbons (Fsp3) is 0.727. The monoisotopic (exact) mass is 198 g/mol. The minimum absolute atomic E-state index is 0.108. The van der Waals surface area contributed by atoms with Crippen LogP contribution in [0.15, 0.2) is 12.2 Å². The summed E-state index contributed by atoms with van der Waals surface area (Å²) >= 11 is 0. The van der Waals surface area contributed by atoms with E-state index in [1.807, 2.05) is 6.92 Å². The van der Waals surface area contributed by atoms with E-state index in [1.165, 1.54) is 0 Å². The van der Waals surface area contributed by atoms with Crippen molar-refractivity contribution < 1.29 is 4.79 Å². The number of amides is 1. The van der Waals surface area contributed by atoms with Gasteiger partial charge in [-0.25, -0.2) is 0 Å². The number of rotatable bonds is 7. The van der Waals surface area contributed by atoms with E-state index in [0.29, 0.717) is 25.4 Å². The summed E-state index contributed by atoms with van der Waals surface area (Å²) in [6, 6.07) is 0. The lowest BCUT2D eigenvalue weighted by molar-refractivity contribution is -0.121. The van der Waals surface area contributed by atoms with Crippen molar-refractivity contribution in [2.24, 2.45) is 11.7 Å². The van der Waals surface area contributed by atoms with Crippen LogP contribution >= 0.6 is 0 Å². The van der Waals surface area contributed by atoms with Gasteiger partial charge < -0.3 is 11.1 Å². The molecule has 14 heavy (non-hydrogen) atoms. The van der Waals surface area contributed by atoms with Crippen molar-refractivity contribution in [3.8, 4) is 0 Å². The van der Waals surface area contributed by atoms with Crippen molar-refractivity contribution in [1.29, 1.82) is 0 Å². The van der Waals surface area contributed by atoms with Crippen LogP contribution < -0.4 is 11.1 Å². The van der Waals surface area contributed by atoms with Gasteiger partial charge in [-0.15, -0.1) is 0 Å². The van der Waals surface area contributed by atoms with E-state index >= 15 is 0 Å². The van der Waals surface area contributed by atoms with Gasteiger partial charge in [-0.1, -0.05) is 19.1 Å². The summed E-state index contributed by atoms with van der Waals surface area (Å²) in [5.74, 6) is 0.646. The second kappa shape index (κ2) is 7.56. The predicted molar refractivity (Wildman–Crippen MR) is 59.9 cm³/mol. The highest BCUT2D eigenvalue weighted by Crippen LogP contribution is 2.08. The largest absolute Gasteiger partial charge is 0.352 e. The lowest BCUT2D eigenvalue weighted by Crippen LogP contribution is -2.25. The van der Waals surface area contributed by atoms with Gasteiger partial charge in [0.25, 0.3) is 0 Å². The fourth-order valence-corrected chi connectivity index (χ4v) is 1.14. The molecule has 82 valence electrons. The van der Waals surface area contributed by atoms with Gasteiger partial charge >= 0.3 is 0 Å². The normalized spacial score (nSPS) is 12.2. The maximum absolute atomic E-state index is 11.3. The fourth-order valence-electron chi connectivity index (χ4n) is 1.14. The molecule has 0 fully saturated rings. The number of hydrogen-bond acceptors (Lipinski definition) is 2. The van der Waals surface area contributed by atoms with Gasteiger partial charge in [0.15, 0.2) is 0 Å². The van der Waals surface area contributed by atoms with Gasteiger partial charge in [0, 0.05) is 13.0 Å². The molecule has 3 nitrogen and oxygen atoms in total. The zero-order chi connectivity index (χ0) is 11.0. The van der Waals surface area contributed by atoms with Crippen molar-refractivity contribution >= 4 is 5.91 Å². The van der Waals surface area contributed by atoms with Crippen LogP contribution in [0.1, 0.15) is 33.1 Å². The van der Waals surface area contributed by atoms with Crippen LogP contribution in [-0.2, 0) is 4.79 Å². The van der Waals surface area contributed by atoms with Gasteiger partial charge in [0.05, 0.1) is 0 Å². The first-order valence-corrected chi connectivity index (χ1v) is 5.17. The van der Waals surface area contributed by atoms with Crippen molar-refractivity contribution in [3.63, 3.8) is 0 Å². The topological polar surface area (TPSA) is 55.1 Å². The highest BCUT2D eigenvalue weighted by Gasteiger charge is 2.05. The molecule has 0 aromatic carbocycles. The van der Waals surface area contributed by atoms with Crippen LogP contribution in [0.4, 0.5) is 0 Å². The van der Waals surface area contributed by atoms with Crippen LogP contribution in [0.2, 0.25) is 0 Å². The van der Waals surface area contributed by atoms with E-state index in [9.17, 15) is 4.79 Å². The molecule has 0 heterocycles. The lowest BCUT2D eigenvalue weighted by Gasteiger charge is -2.09. The Morgan fingerprint density at radius 2 is 2.14 bits per heavy atom. The molecule has 0 radical (unpaired) electrons. The smallest absolute Gasteiger partial charge is 0.220 e. The van der Waals surface area contributed by atoms with Crippen molar-refractivity contribution in [1.82, 2.24) is 5.32 Å². The molecule has 0 spiro atoms. The van der Waals surface area contributed by atoms with Crippen molar-refractivity contribution in [2.45, 2.75) is 33.1 Å². The first-order valence-electron chi connectivity index (χ1n) is 5.17. The summed E-state index contributed by atoms with van der Waals surface area (Å²) in [6.07, 6.45) is 2.50. The molecule has 0 aliphatic heterocycles. The average molecular weight is 198 g/mol. The molecule has 0 aliphatic carbocycles. The maximum Gasteiger partial charge on any atom is 0.220 e. The highest BCUT2D eigenvalue weighted by molar-refractivity contribution is 5.76. The molecule has 0 aromatic heterocycles. The van der Waals surface area contributed by atoms with E-state index in [1.54, 1.807) is 0 Å². The Balaban J connectivity index is 3.48. The second-order valence-electron chi connectivity index (χ2n) is 3.96. The van der Waals surface area contributed by atoms with Gasteiger partial charge in [-0.2, -0.15) is 0 Å². The summed E-state index contributed by atoms with van der Waals surface area (Å²) in [7, 11) is 0. The summed E-state index contributed by atoms with van der Waals surface area (Å²) < 4.78 is 0. The van der Waals surface area contributed by atoms with E-state index in [4.69, 9.17) is 5.73 Å². The predicted octanol–water partition coefficient (Wildman–Crippen LogP) is 1.44. The van der Waals surface area contributed by atoms with E-state index in [-0.39, 0.29) is 5.91 Å². The Bertz CT molecular complexity index is 190. The second-order valence-corrected chi connectivity index (χ2v) is 3.96. The molecule has 0 saturated heterocycles. The number of carbonyl (C=O) groups excluding carboxylic acids is 1. The van der Waals surface area contributed by atoms with Gasteiger partial charge in [-0.05, 0) is 32.2 Å². The summed E-state index contributed by atoms with van der Waals surface area (Å²) in [6.45, 7) is 9.03. The number of hydrogen-bond donors (Lipinski definition) is 2. The van der Waals surface area contributed by atoms with Crippen LogP contribution in [0.3, 0.4) is 0 Å². The third-order valence-electron chi connectivity index (χ3n) is 2.11. The van der Waals surface area contributed by atoms with Crippen molar-refractivity contribution in [3.05, 3.63) is 12.2 Å². The minimum Gasteiger partial charge on any atom is -0.352 e. The molecule has 0 bridgehead atoms. The molecule has 0 saturated carbocycles. The van der Waals surface area contributed by atoms with Gasteiger partial charge in [0.1, 0.15) is 0 Å². The molecular weight excluding hydrogens is 176 g/mol. The lowest BCUT2D eigenvalue weighted by atomic mass is 10.0. The standard InChI is InChI=1S/C11H22N2O/c1-9(2)8-13-11(14)5-4-10(3)6-7-12/h10H,1,4-8,12H2,2-3H3,(H,13,14). The number of nitrogens with two attached hydrogens (primary N) is 1. The Kier molecular flexibility index (Phi) is 7.11. The van der Waals surface area contributed by atoms with Crippen LogP contribution in [0.5, 0.6) is 0 Å². The highest BCUT2D eigenvalue weighted by atomic mass is 16.1. The Morgan fingerprint density at radius 3 is 2.64 bits per heavy atom. The van der Waals surface area contributed by atoms with E-state index < -0.39 is 0 Å². The molecule has 0 aliphatic rings. The Labute approximate surface area is 86.8 Å². The summed E-state index contributed by atoms with van der Waals surface area (Å²) in [5, 5.41) is 2.81. The number of carbonyl (C=O) groups is 1. The van der Waals surface area contributed by atoms with E-state index in [2.05, 4.69) is 18.8 Å². The average Bonchev–Trinajstić information content (AvgIpc) is 2.12. The minimum atomic E-state index is 0.108. The third kappa shape index (κ3) is 7.80. The molecule has 0 rings (SSSR count). The van der Waals surface area contributed by atoms with Gasteiger partial charge in [-0.3, -0.25) is 4.79 Å². The quantitative estimate of drug-likeness (QED) is 0.608. The molecule has 1 amide bonds. The summed E-state index contributed by atoms with van der Waals surface area (Å²) in [4.78, 5) is 11.3. The maximum atomic E-state index is 11.3. The zero-order valence-electron chi connectivity index (χ0n) is 9.31. The molecule has 1 atom stereocenters. The first-order chi connectivity index (χ1) is 6.56. The number of nitrogens with one attached hydrogen (secondary N) is 1. The molecule has 1 unspecified atom stereocenters. The summed E-state index contributed by atoms with van der Waals surface area (Å²) in [5.41, 5.74) is 6.40. The molecule has 3 heteroatoms. The SMILES string of the molecule is C=C(C)CNC(=O)CCC(C)CCN. The first kappa shape index (κ1) is 13.2. The zero-order valence-corrected chi connectivity index (χ0v) is 9.31. The Morgan fingerprint density at radius 1 is 1.50 bits per heavy atom. The van der Waals surface area contributed by atoms with Crippen molar-refractivity contribution in [2.75, 3.05) is 13.1 Å². The third-order valence-corrected chi connectivity index (χ3v) is 2.11. The van der Waals surface area contributed by atoms with Gasteiger partial charge in [0.2, 0.25) is 5.91 Å². The molecule has 3 N–H and O–H groups in total.